The van der Waals surface area contributed by atoms with Gasteiger partial charge >= 0.3 is 6.18 Å². The zero-order chi connectivity index (χ0) is 20.8. The van der Waals surface area contributed by atoms with E-state index in [4.69, 9.17) is 0 Å². The summed E-state index contributed by atoms with van der Waals surface area (Å²) in [6.45, 7) is 2.21. The first-order valence-corrected chi connectivity index (χ1v) is 10.3. The van der Waals surface area contributed by atoms with Crippen LogP contribution in [0.25, 0.3) is 10.9 Å². The van der Waals surface area contributed by atoms with Gasteiger partial charge in [-0.3, -0.25) is 9.48 Å². The van der Waals surface area contributed by atoms with Crippen LogP contribution in [0.5, 0.6) is 0 Å². The molecule has 0 radical (unpaired) electrons. The van der Waals surface area contributed by atoms with Gasteiger partial charge in [0, 0.05) is 15.5 Å². The van der Waals surface area contributed by atoms with Crippen LogP contribution in [0.1, 0.15) is 42.0 Å². The number of hydrogen-bond donors (Lipinski definition) is 1. The Kier molecular flexibility index (Phi) is 5.21. The number of amides is 1. The van der Waals surface area contributed by atoms with E-state index in [0.717, 1.165) is 30.4 Å². The molecule has 10 heteroatoms. The predicted octanol–water partition coefficient (Wildman–Crippen LogP) is 4.87. The molecule has 1 atom stereocenters. The Labute approximate surface area is 178 Å². The summed E-state index contributed by atoms with van der Waals surface area (Å²) in [5, 5.41) is 7.85. The number of carbonyl (C=O) groups excluding carboxylic acids is 1. The minimum absolute atomic E-state index is 0.230. The van der Waals surface area contributed by atoms with Gasteiger partial charge in [0.25, 0.3) is 5.91 Å². The first-order valence-electron chi connectivity index (χ1n) is 9.05. The Hall–Kier alpha value is -2.24. The van der Waals surface area contributed by atoms with Gasteiger partial charge in [-0.15, -0.1) is 0 Å². The summed E-state index contributed by atoms with van der Waals surface area (Å²) in [4.78, 5) is 19.8. The molecule has 3 heterocycles. The number of aromatic nitrogens is 4. The molecule has 4 rings (SSSR count). The van der Waals surface area contributed by atoms with Gasteiger partial charge in [0.15, 0.2) is 0 Å². The standard InChI is InChI=1S/C19H17F3IN5O/c1-10(23)11-5-13(6-11)28-9-12-7-17(24-8-15(12)27-28)26-18(29)14-3-2-4-16(25-14)19(20,21)22/h2-4,7-11,13H,5-6H2,1H3,(H,26,29)/t10?,11-,13-. The highest BCUT2D eigenvalue weighted by molar-refractivity contribution is 14.1. The average molecular weight is 515 g/mol. The van der Waals surface area contributed by atoms with Crippen molar-refractivity contribution in [1.82, 2.24) is 19.7 Å². The van der Waals surface area contributed by atoms with Crippen molar-refractivity contribution in [2.24, 2.45) is 5.92 Å². The summed E-state index contributed by atoms with van der Waals surface area (Å²) in [7, 11) is 0. The minimum Gasteiger partial charge on any atom is -0.305 e. The molecule has 152 valence electrons. The zero-order valence-electron chi connectivity index (χ0n) is 15.3. The normalized spacial score (nSPS) is 20.3. The lowest BCUT2D eigenvalue weighted by Gasteiger charge is -2.37. The molecule has 0 spiro atoms. The van der Waals surface area contributed by atoms with Crippen LogP contribution in [-0.4, -0.2) is 29.6 Å². The molecule has 1 fully saturated rings. The fourth-order valence-electron chi connectivity index (χ4n) is 3.32. The van der Waals surface area contributed by atoms with Crippen molar-refractivity contribution in [3.8, 4) is 0 Å². The lowest BCUT2D eigenvalue weighted by molar-refractivity contribution is -0.141. The first kappa shape index (κ1) is 20.0. The lowest BCUT2D eigenvalue weighted by atomic mass is 9.79. The van der Waals surface area contributed by atoms with Crippen molar-refractivity contribution in [2.45, 2.75) is 35.9 Å². The Morgan fingerprint density at radius 2 is 2.10 bits per heavy atom. The van der Waals surface area contributed by atoms with Crippen molar-refractivity contribution in [2.75, 3.05) is 5.32 Å². The van der Waals surface area contributed by atoms with E-state index in [1.807, 2.05) is 10.9 Å². The van der Waals surface area contributed by atoms with Gasteiger partial charge in [0.1, 0.15) is 22.7 Å². The molecule has 1 aliphatic carbocycles. The second-order valence-corrected chi connectivity index (χ2v) is 9.13. The molecule has 1 aliphatic rings. The summed E-state index contributed by atoms with van der Waals surface area (Å²) >= 11 is 2.44. The molecule has 1 saturated carbocycles. The average Bonchev–Trinajstić information content (AvgIpc) is 3.02. The van der Waals surface area contributed by atoms with Gasteiger partial charge in [-0.2, -0.15) is 18.3 Å². The Morgan fingerprint density at radius 3 is 2.79 bits per heavy atom. The smallest absolute Gasteiger partial charge is 0.305 e. The number of rotatable bonds is 4. The summed E-state index contributed by atoms with van der Waals surface area (Å²) in [6, 6.07) is 5.20. The van der Waals surface area contributed by atoms with E-state index >= 15 is 0 Å². The Morgan fingerprint density at radius 1 is 1.34 bits per heavy atom. The van der Waals surface area contributed by atoms with E-state index in [-0.39, 0.29) is 11.5 Å². The number of carbonyl (C=O) groups is 1. The van der Waals surface area contributed by atoms with Crippen molar-refractivity contribution in [3.05, 3.63) is 48.0 Å². The van der Waals surface area contributed by atoms with Crippen LogP contribution in [-0.2, 0) is 6.18 Å². The minimum atomic E-state index is -4.61. The van der Waals surface area contributed by atoms with Crippen molar-refractivity contribution in [3.63, 3.8) is 0 Å². The molecule has 0 bridgehead atoms. The maximum absolute atomic E-state index is 12.8. The van der Waals surface area contributed by atoms with Crippen LogP contribution < -0.4 is 5.32 Å². The molecular weight excluding hydrogens is 498 g/mol. The van der Waals surface area contributed by atoms with Gasteiger partial charge in [-0.1, -0.05) is 35.6 Å². The molecule has 6 nitrogen and oxygen atoms in total. The number of hydrogen-bond acceptors (Lipinski definition) is 4. The highest BCUT2D eigenvalue weighted by Crippen LogP contribution is 2.42. The molecule has 3 aromatic heterocycles. The number of alkyl halides is 4. The van der Waals surface area contributed by atoms with Crippen molar-refractivity contribution < 1.29 is 18.0 Å². The molecule has 1 unspecified atom stereocenters. The highest BCUT2D eigenvalue weighted by Gasteiger charge is 2.34. The van der Waals surface area contributed by atoms with E-state index in [2.05, 4.69) is 49.9 Å². The largest absolute Gasteiger partial charge is 0.433 e. The van der Waals surface area contributed by atoms with E-state index in [0.29, 0.717) is 21.4 Å². The van der Waals surface area contributed by atoms with Crippen LogP contribution >= 0.6 is 22.6 Å². The highest BCUT2D eigenvalue weighted by atomic mass is 127. The van der Waals surface area contributed by atoms with E-state index in [1.165, 1.54) is 12.3 Å². The SMILES string of the molecule is CC(I)[C@H]1C[C@H](n2cc3cc(NC(=O)c4cccc(C(F)(F)F)n4)ncc3n2)C1. The molecule has 1 N–H and O–H groups in total. The van der Waals surface area contributed by atoms with Gasteiger partial charge in [0.2, 0.25) is 0 Å². The quantitative estimate of drug-likeness (QED) is 0.398. The molecule has 0 aromatic carbocycles. The second-order valence-electron chi connectivity index (χ2n) is 7.16. The third kappa shape index (κ3) is 4.21. The number of nitrogens with zero attached hydrogens (tertiary/aromatic N) is 4. The molecule has 0 saturated heterocycles. The van der Waals surface area contributed by atoms with Crippen LogP contribution in [0.3, 0.4) is 0 Å². The first-order chi connectivity index (χ1) is 13.7. The number of fused-ring (bicyclic) bond motifs is 1. The number of nitrogens with one attached hydrogen (secondary N) is 1. The maximum atomic E-state index is 12.8. The number of anilines is 1. The van der Waals surface area contributed by atoms with Crippen LogP contribution in [0.2, 0.25) is 0 Å². The summed E-state index contributed by atoms with van der Waals surface area (Å²) < 4.78 is 40.9. The molecule has 1 amide bonds. The van der Waals surface area contributed by atoms with Gasteiger partial charge < -0.3 is 5.32 Å². The fraction of sp³-hybridized carbons (Fsp3) is 0.368. The summed E-state index contributed by atoms with van der Waals surface area (Å²) in [6.07, 6.45) is 0.996. The van der Waals surface area contributed by atoms with Crippen molar-refractivity contribution in [1.29, 1.82) is 0 Å². The number of pyridine rings is 2. The summed E-state index contributed by atoms with van der Waals surface area (Å²) in [5.74, 6) is 0.169. The summed E-state index contributed by atoms with van der Waals surface area (Å²) in [5.41, 5.74) is -0.744. The van der Waals surface area contributed by atoms with E-state index in [9.17, 15) is 18.0 Å². The fourth-order valence-corrected chi connectivity index (χ4v) is 3.91. The number of halogens is 4. The molecule has 29 heavy (non-hydrogen) atoms. The van der Waals surface area contributed by atoms with Crippen LogP contribution in [0.4, 0.5) is 19.0 Å². The Bertz CT molecular complexity index is 1060. The molecular formula is C19H17F3IN5O. The molecule has 3 aromatic rings. The van der Waals surface area contributed by atoms with Crippen LogP contribution in [0.15, 0.2) is 36.7 Å². The molecule has 0 aliphatic heterocycles. The topological polar surface area (TPSA) is 72.7 Å². The third-order valence-electron chi connectivity index (χ3n) is 5.10. The van der Waals surface area contributed by atoms with Crippen LogP contribution in [0, 0.1) is 5.92 Å². The van der Waals surface area contributed by atoms with E-state index in [1.54, 1.807) is 6.07 Å². The van der Waals surface area contributed by atoms with Gasteiger partial charge in [-0.05, 0) is 37.0 Å². The third-order valence-corrected chi connectivity index (χ3v) is 6.11. The predicted molar refractivity (Wildman–Crippen MR) is 110 cm³/mol. The Balaban J connectivity index is 1.49. The zero-order valence-corrected chi connectivity index (χ0v) is 17.5. The monoisotopic (exact) mass is 515 g/mol. The van der Waals surface area contributed by atoms with Gasteiger partial charge in [0.05, 0.1) is 12.2 Å². The van der Waals surface area contributed by atoms with Crippen molar-refractivity contribution >= 4 is 45.2 Å². The second kappa shape index (κ2) is 7.54. The maximum Gasteiger partial charge on any atom is 0.433 e. The lowest BCUT2D eigenvalue weighted by Crippen LogP contribution is -2.31. The van der Waals surface area contributed by atoms with E-state index < -0.39 is 17.8 Å². The van der Waals surface area contributed by atoms with Gasteiger partial charge in [-0.25, -0.2) is 9.97 Å².